The van der Waals surface area contributed by atoms with Gasteiger partial charge < -0.3 is 5.73 Å². The van der Waals surface area contributed by atoms with Gasteiger partial charge in [-0.25, -0.2) is 0 Å². The van der Waals surface area contributed by atoms with Gasteiger partial charge in [0.1, 0.15) is 0 Å². The molecule has 2 fully saturated rings. The maximum absolute atomic E-state index is 11.0. The Bertz CT molecular complexity index is 409. The van der Waals surface area contributed by atoms with Crippen molar-refractivity contribution in [2.45, 2.75) is 31.6 Å². The van der Waals surface area contributed by atoms with Gasteiger partial charge >= 0.3 is 0 Å². The molecular weight excluding hydrogens is 198 g/mol. The van der Waals surface area contributed by atoms with Crippen LogP contribution in [0.15, 0.2) is 24.3 Å². The molecular formula is C14H17NO. The predicted molar refractivity (Wildman–Crippen MR) is 63.1 cm³/mol. The average molecular weight is 215 g/mol. The first-order valence-corrected chi connectivity index (χ1v) is 6.14. The largest absolute Gasteiger partial charge is 0.366 e. The smallest absolute Gasteiger partial charge is 0.248 e. The number of primary amides is 1. The number of fused-ring (bicyclic) bond motifs is 2. The molecule has 2 aliphatic rings. The number of amides is 1. The normalized spacial score (nSPS) is 31.9. The lowest BCUT2D eigenvalue weighted by atomic mass is 9.83. The summed E-state index contributed by atoms with van der Waals surface area (Å²) < 4.78 is 0. The standard InChI is InChI=1S/C14H17NO/c15-14(16)11-5-3-10(4-6-11)13-8-9-1-2-12(13)7-9/h3-6,9,12-13H,1-2,7-8H2,(H2,15,16)/t9-,12-,13+/m0/s1. The number of nitrogens with two attached hydrogens (primary N) is 1. The number of hydrogen-bond acceptors (Lipinski definition) is 1. The van der Waals surface area contributed by atoms with E-state index in [0.29, 0.717) is 5.56 Å². The van der Waals surface area contributed by atoms with Crippen molar-refractivity contribution < 1.29 is 4.79 Å². The monoisotopic (exact) mass is 215 g/mol. The molecule has 2 N–H and O–H groups in total. The van der Waals surface area contributed by atoms with Crippen LogP contribution in [0.4, 0.5) is 0 Å². The minimum absolute atomic E-state index is 0.334. The molecule has 3 rings (SSSR count). The molecule has 0 aromatic heterocycles. The second-order valence-electron chi connectivity index (χ2n) is 5.27. The number of hydrogen-bond donors (Lipinski definition) is 1. The minimum Gasteiger partial charge on any atom is -0.366 e. The number of carbonyl (C=O) groups is 1. The van der Waals surface area contributed by atoms with E-state index in [2.05, 4.69) is 12.1 Å². The third-order valence-electron chi connectivity index (χ3n) is 4.36. The zero-order valence-electron chi connectivity index (χ0n) is 9.36. The maximum Gasteiger partial charge on any atom is 0.248 e. The molecule has 1 aromatic carbocycles. The van der Waals surface area contributed by atoms with E-state index in [1.165, 1.54) is 31.2 Å². The van der Waals surface area contributed by atoms with Crippen LogP contribution in [0.2, 0.25) is 0 Å². The molecule has 0 saturated heterocycles. The van der Waals surface area contributed by atoms with E-state index >= 15 is 0 Å². The molecule has 16 heavy (non-hydrogen) atoms. The summed E-state index contributed by atoms with van der Waals surface area (Å²) in [5.41, 5.74) is 7.26. The van der Waals surface area contributed by atoms with Crippen LogP contribution in [0.3, 0.4) is 0 Å². The third-order valence-corrected chi connectivity index (χ3v) is 4.36. The van der Waals surface area contributed by atoms with E-state index in [9.17, 15) is 4.79 Å². The topological polar surface area (TPSA) is 43.1 Å². The Morgan fingerprint density at radius 1 is 1.12 bits per heavy atom. The summed E-state index contributed by atoms with van der Waals surface area (Å²) in [4.78, 5) is 11.0. The lowest BCUT2D eigenvalue weighted by molar-refractivity contribution is 0.100. The highest BCUT2D eigenvalue weighted by atomic mass is 16.1. The van der Waals surface area contributed by atoms with Gasteiger partial charge in [-0.1, -0.05) is 18.6 Å². The van der Waals surface area contributed by atoms with Crippen molar-refractivity contribution in [2.24, 2.45) is 17.6 Å². The summed E-state index contributed by atoms with van der Waals surface area (Å²) in [6, 6.07) is 7.91. The zero-order chi connectivity index (χ0) is 11.1. The van der Waals surface area contributed by atoms with E-state index in [4.69, 9.17) is 5.73 Å². The van der Waals surface area contributed by atoms with Crippen molar-refractivity contribution in [3.8, 4) is 0 Å². The average Bonchev–Trinajstić information content (AvgIpc) is 2.91. The third kappa shape index (κ3) is 1.53. The molecule has 0 heterocycles. The predicted octanol–water partition coefficient (Wildman–Crippen LogP) is 2.69. The van der Waals surface area contributed by atoms with Gasteiger partial charge in [0, 0.05) is 5.56 Å². The molecule has 1 amide bonds. The van der Waals surface area contributed by atoms with Crippen LogP contribution in [0, 0.1) is 11.8 Å². The van der Waals surface area contributed by atoms with Crippen LogP contribution >= 0.6 is 0 Å². The van der Waals surface area contributed by atoms with Crippen molar-refractivity contribution in [3.05, 3.63) is 35.4 Å². The van der Waals surface area contributed by atoms with Crippen molar-refractivity contribution in [2.75, 3.05) is 0 Å². The first kappa shape index (κ1) is 9.88. The van der Waals surface area contributed by atoms with Crippen LogP contribution in [-0.2, 0) is 0 Å². The second-order valence-corrected chi connectivity index (χ2v) is 5.27. The van der Waals surface area contributed by atoms with Crippen molar-refractivity contribution >= 4 is 5.91 Å². The van der Waals surface area contributed by atoms with Crippen LogP contribution in [0.5, 0.6) is 0 Å². The lowest BCUT2D eigenvalue weighted by Gasteiger charge is -2.22. The highest BCUT2D eigenvalue weighted by molar-refractivity contribution is 5.92. The van der Waals surface area contributed by atoms with E-state index in [-0.39, 0.29) is 5.91 Å². The molecule has 0 aliphatic heterocycles. The molecule has 0 radical (unpaired) electrons. The highest BCUT2D eigenvalue weighted by Crippen LogP contribution is 2.52. The number of rotatable bonds is 2. The van der Waals surface area contributed by atoms with Crippen LogP contribution in [-0.4, -0.2) is 5.91 Å². The maximum atomic E-state index is 11.0. The fraction of sp³-hybridized carbons (Fsp3) is 0.500. The molecule has 2 saturated carbocycles. The Kier molecular flexibility index (Phi) is 2.23. The van der Waals surface area contributed by atoms with E-state index < -0.39 is 0 Å². The van der Waals surface area contributed by atoms with Gasteiger partial charge in [0.15, 0.2) is 0 Å². The summed E-state index contributed by atoms with van der Waals surface area (Å²) in [7, 11) is 0. The summed E-state index contributed by atoms with van der Waals surface area (Å²) in [5, 5.41) is 0. The molecule has 1 aromatic rings. The van der Waals surface area contributed by atoms with Gasteiger partial charge in [-0.2, -0.15) is 0 Å². The molecule has 2 nitrogen and oxygen atoms in total. The minimum atomic E-state index is -0.334. The van der Waals surface area contributed by atoms with Gasteiger partial charge in [-0.05, 0) is 54.7 Å². The van der Waals surface area contributed by atoms with Crippen LogP contribution < -0.4 is 5.73 Å². The van der Waals surface area contributed by atoms with E-state index in [0.717, 1.165) is 17.8 Å². The number of benzene rings is 1. The fourth-order valence-corrected chi connectivity index (χ4v) is 3.55. The van der Waals surface area contributed by atoms with Gasteiger partial charge in [-0.15, -0.1) is 0 Å². The van der Waals surface area contributed by atoms with Gasteiger partial charge in [-0.3, -0.25) is 4.79 Å². The lowest BCUT2D eigenvalue weighted by Crippen LogP contribution is -2.12. The Hall–Kier alpha value is -1.31. The summed E-state index contributed by atoms with van der Waals surface area (Å²) in [5.74, 6) is 2.26. The SMILES string of the molecule is NC(=O)c1ccc([C@H]2C[C@H]3CC[C@H]2C3)cc1. The first-order valence-electron chi connectivity index (χ1n) is 6.14. The Balaban J connectivity index is 1.82. The van der Waals surface area contributed by atoms with Crippen LogP contribution in [0.25, 0.3) is 0 Å². The van der Waals surface area contributed by atoms with Crippen LogP contribution in [0.1, 0.15) is 47.5 Å². The summed E-state index contributed by atoms with van der Waals surface area (Å²) >= 11 is 0. The summed E-state index contributed by atoms with van der Waals surface area (Å²) in [6.07, 6.45) is 5.59. The molecule has 0 unspecified atom stereocenters. The van der Waals surface area contributed by atoms with Gasteiger partial charge in [0.25, 0.3) is 0 Å². The van der Waals surface area contributed by atoms with E-state index in [1.54, 1.807) is 0 Å². The van der Waals surface area contributed by atoms with Crippen molar-refractivity contribution in [1.29, 1.82) is 0 Å². The molecule has 84 valence electrons. The molecule has 2 aliphatic carbocycles. The fourth-order valence-electron chi connectivity index (χ4n) is 3.55. The molecule has 2 heteroatoms. The molecule has 2 bridgehead atoms. The van der Waals surface area contributed by atoms with E-state index in [1.807, 2.05) is 12.1 Å². The highest BCUT2D eigenvalue weighted by Gasteiger charge is 2.39. The summed E-state index contributed by atoms with van der Waals surface area (Å²) in [6.45, 7) is 0. The Labute approximate surface area is 95.8 Å². The van der Waals surface area contributed by atoms with Crippen molar-refractivity contribution in [1.82, 2.24) is 0 Å². The Morgan fingerprint density at radius 2 is 1.88 bits per heavy atom. The second kappa shape index (κ2) is 3.62. The quantitative estimate of drug-likeness (QED) is 0.809. The number of carbonyl (C=O) groups excluding carboxylic acids is 1. The van der Waals surface area contributed by atoms with Gasteiger partial charge in [0.05, 0.1) is 0 Å². The molecule has 3 atom stereocenters. The zero-order valence-corrected chi connectivity index (χ0v) is 9.36. The van der Waals surface area contributed by atoms with Gasteiger partial charge in [0.2, 0.25) is 5.91 Å². The Morgan fingerprint density at radius 3 is 2.38 bits per heavy atom. The first-order chi connectivity index (χ1) is 7.74. The molecule has 0 spiro atoms. The van der Waals surface area contributed by atoms with Crippen molar-refractivity contribution in [3.63, 3.8) is 0 Å².